The van der Waals surface area contributed by atoms with Crippen molar-refractivity contribution in [3.8, 4) is 0 Å². The van der Waals surface area contributed by atoms with Gasteiger partial charge < -0.3 is 25.4 Å². The molecule has 1 aromatic carbocycles. The van der Waals surface area contributed by atoms with Gasteiger partial charge in [-0.05, 0) is 36.8 Å². The molecule has 3 aromatic rings. The van der Waals surface area contributed by atoms with Crippen LogP contribution >= 0.6 is 11.8 Å². The first-order valence-electron chi connectivity index (χ1n) is 21.6. The standard InChI is InChI=1S/C24H31FN6O4S/c1-3-8-36-24-27-22(26-16-10-14(16)13-5-4-12(2)15(25)9-13)19-23(28-24)31(30-29-19)17-11-18(35-7-6-32)21(34)20(17)33/h4-5,9,14,16-18,20-21,32-34H,3,6-8,10-11H2,1-2H3,(H,26,27,28)/t14-,16+,17+,18-,20-,21+/m0/s1/i3D2,4D,5D,6D2,7D2,8D2,9D,10D2,11D2,14D,16D,17D,18D,20D,21D,32D,33D,34D. The van der Waals surface area contributed by atoms with Gasteiger partial charge in [-0.25, -0.2) is 19.0 Å². The molecule has 194 valence electrons. The van der Waals surface area contributed by atoms with E-state index in [2.05, 4.69) is 40.9 Å². The molecule has 2 saturated carbocycles. The topological polar surface area (TPSA) is 138 Å². The Hall–Kier alpha value is -2.38. The molecule has 36 heavy (non-hydrogen) atoms. The second-order valence-electron chi connectivity index (χ2n) is 6.94. The number of ether oxygens (including phenoxy) is 1. The van der Waals surface area contributed by atoms with Crippen molar-refractivity contribution < 1.29 is 53.2 Å². The average Bonchev–Trinajstić information content (AvgIpc) is 3.41. The van der Waals surface area contributed by atoms with Crippen LogP contribution in [0.2, 0.25) is 0 Å². The lowest BCUT2D eigenvalue weighted by atomic mass is 10.1. The van der Waals surface area contributed by atoms with Crippen LogP contribution in [0.5, 0.6) is 0 Å². The summed E-state index contributed by atoms with van der Waals surface area (Å²) in [6, 6.07) is -10.4. The van der Waals surface area contributed by atoms with Crippen LogP contribution in [0.15, 0.2) is 23.3 Å². The monoisotopic (exact) mass is 542 g/mol. The number of benzene rings is 1. The molecule has 5 rings (SSSR count). The van der Waals surface area contributed by atoms with Gasteiger partial charge in [0.2, 0.25) is 4.29 Å². The van der Waals surface area contributed by atoms with Crippen molar-refractivity contribution in [3.05, 3.63) is 35.1 Å². The molecule has 4 N–H and O–H groups in total. The van der Waals surface area contributed by atoms with E-state index in [1.165, 1.54) is 0 Å². The maximum absolute atomic E-state index is 15.1. The Kier molecular flexibility index (Phi) is 2.76. The zero-order valence-corrected chi connectivity index (χ0v) is 19.0. The first-order chi connectivity index (χ1) is 26.8. The molecule has 0 unspecified atom stereocenters. The summed E-state index contributed by atoms with van der Waals surface area (Å²) in [5, 5.41) is 20.6. The van der Waals surface area contributed by atoms with Gasteiger partial charge in [-0.15, -0.1) is 5.10 Å². The summed E-state index contributed by atoms with van der Waals surface area (Å²) < 4.78 is 220. The number of halogens is 1. The van der Waals surface area contributed by atoms with E-state index >= 15 is 4.39 Å². The van der Waals surface area contributed by atoms with Crippen LogP contribution in [-0.2, 0) is 4.74 Å². The summed E-state index contributed by atoms with van der Waals surface area (Å²) in [4.78, 5) is 7.89. The molecule has 0 spiro atoms. The van der Waals surface area contributed by atoms with Crippen LogP contribution in [0.4, 0.5) is 10.2 Å². The largest absolute Gasteiger partial charge is 0.394 e. The van der Waals surface area contributed by atoms with Gasteiger partial charge in [0.25, 0.3) is 0 Å². The Morgan fingerprint density at radius 3 is 3.08 bits per heavy atom. The van der Waals surface area contributed by atoms with Crippen molar-refractivity contribution in [2.24, 2.45) is 0 Å². The van der Waals surface area contributed by atoms with Crippen LogP contribution in [0.1, 0.15) is 77.9 Å². The van der Waals surface area contributed by atoms with Crippen molar-refractivity contribution >= 4 is 28.7 Å². The fourth-order valence-corrected chi connectivity index (χ4v) is 3.43. The van der Waals surface area contributed by atoms with Gasteiger partial charge in [-0.1, -0.05) is 36.0 Å². The fraction of sp³-hybridized carbons (Fsp3) is 0.583. The number of aliphatic hydroxyl groups is 3. The maximum Gasteiger partial charge on any atom is 0.211 e. The molecule has 2 aliphatic carbocycles. The number of hydrogen-bond donors (Lipinski definition) is 4. The van der Waals surface area contributed by atoms with Crippen LogP contribution in [0.25, 0.3) is 11.2 Å². The number of fused-ring (bicyclic) bond motifs is 1. The fourth-order valence-electron chi connectivity index (χ4n) is 2.96. The first-order valence-corrected chi connectivity index (χ1v) is 10.6. The Bertz CT molecular complexity index is 2230. The van der Waals surface area contributed by atoms with Crippen molar-refractivity contribution in [3.63, 3.8) is 0 Å². The van der Waals surface area contributed by atoms with Crippen molar-refractivity contribution in [1.82, 2.24) is 25.0 Å². The third kappa shape index (κ3) is 4.92. The number of aromatic nitrogens is 5. The molecule has 2 aromatic heterocycles. The van der Waals surface area contributed by atoms with Gasteiger partial charge in [0.15, 0.2) is 22.1 Å². The zero-order chi connectivity index (χ0) is 46.4. The number of anilines is 1. The lowest BCUT2D eigenvalue weighted by Crippen LogP contribution is -2.33. The number of thioether (sulfide) groups is 1. The lowest BCUT2D eigenvalue weighted by Gasteiger charge is -2.17. The minimum absolute atomic E-state index is 0.144. The third-order valence-corrected chi connectivity index (χ3v) is 5.33. The second-order valence-corrected chi connectivity index (χ2v) is 7.71. The number of nitrogens with zero attached hydrogens (tertiary/aromatic N) is 5. The van der Waals surface area contributed by atoms with Crippen molar-refractivity contribution in [2.75, 3.05) is 24.1 Å². The highest BCUT2D eigenvalue weighted by Crippen LogP contribution is 2.44. The molecule has 0 radical (unpaired) electrons. The predicted octanol–water partition coefficient (Wildman–Crippen LogP) is 2.18. The normalized spacial score (nSPS) is 53.9. The highest BCUT2D eigenvalue weighted by molar-refractivity contribution is 7.99. The van der Waals surface area contributed by atoms with E-state index in [0.29, 0.717) is 0 Å². The Morgan fingerprint density at radius 2 is 2.28 bits per heavy atom. The Morgan fingerprint density at radius 1 is 1.39 bits per heavy atom. The molecular weight excluding hydrogens is 487 g/mol. The number of nitrogens with one attached hydrogen (secondary N) is 1. The molecule has 6 atom stereocenters. The van der Waals surface area contributed by atoms with E-state index in [1.54, 1.807) is 0 Å². The first kappa shape index (κ1) is 9.42. The molecule has 12 heteroatoms. The molecule has 2 fully saturated rings. The van der Waals surface area contributed by atoms with Crippen LogP contribution < -0.4 is 5.32 Å². The summed E-state index contributed by atoms with van der Waals surface area (Å²) >= 11 is -0.144. The average molecular weight is 543 g/mol. The van der Waals surface area contributed by atoms with E-state index in [9.17, 15) is 1.37 Å². The summed E-state index contributed by atoms with van der Waals surface area (Å²) in [7, 11) is 0. The molecule has 10 nitrogen and oxygen atoms in total. The summed E-state index contributed by atoms with van der Waals surface area (Å²) in [5.41, 5.74) is -6.71. The minimum atomic E-state index is -4.41. The molecule has 0 bridgehead atoms. The van der Waals surface area contributed by atoms with E-state index in [1.807, 2.05) is 0 Å². The molecule has 0 aliphatic heterocycles. The van der Waals surface area contributed by atoms with E-state index < -0.39 is 131 Å². The number of hydrogen-bond acceptors (Lipinski definition) is 10. The van der Waals surface area contributed by atoms with Gasteiger partial charge in [0.05, 0.1) is 41.7 Å². The summed E-state index contributed by atoms with van der Waals surface area (Å²) in [5.74, 6) is -5.58. The third-order valence-electron chi connectivity index (χ3n) is 4.66. The molecule has 2 heterocycles. The Balaban J connectivity index is 1.84. The second kappa shape index (κ2) is 10.5. The molecule has 0 amide bonds. The van der Waals surface area contributed by atoms with E-state index in [0.717, 1.165) is 13.8 Å². The van der Waals surface area contributed by atoms with Gasteiger partial charge in [0.1, 0.15) is 18.0 Å². The van der Waals surface area contributed by atoms with Crippen LogP contribution in [-0.4, -0.2) is 87.7 Å². The van der Waals surface area contributed by atoms with Crippen LogP contribution in [0, 0.1) is 12.7 Å². The minimum Gasteiger partial charge on any atom is -0.394 e. The maximum atomic E-state index is 15.1. The van der Waals surface area contributed by atoms with Crippen LogP contribution in [0.3, 0.4) is 0 Å². The van der Waals surface area contributed by atoms with Gasteiger partial charge in [-0.2, -0.15) is 0 Å². The van der Waals surface area contributed by atoms with Gasteiger partial charge >= 0.3 is 0 Å². The molecular formula is C24H31FN6O4S. The summed E-state index contributed by atoms with van der Waals surface area (Å²) in [6.07, 6.45) is -23.3. The van der Waals surface area contributed by atoms with Gasteiger partial charge in [-0.3, -0.25) is 0 Å². The predicted molar refractivity (Wildman–Crippen MR) is 133 cm³/mol. The molecule has 0 saturated heterocycles. The lowest BCUT2D eigenvalue weighted by molar-refractivity contribution is -0.0629. The van der Waals surface area contributed by atoms with E-state index in [4.69, 9.17) is 36.4 Å². The Labute approximate surface area is 246 Å². The van der Waals surface area contributed by atoms with Crippen molar-refractivity contribution in [1.29, 1.82) is 4.29 Å². The van der Waals surface area contributed by atoms with Crippen molar-refractivity contribution in [2.45, 2.75) is 74.3 Å². The quantitative estimate of drug-likeness (QED) is 0.188. The SMILES string of the molecule is [2H]OC([2H])([2H])C([2H])([2H])O[C@@]1([2H])C([2H])([2H])[C@@]([2H])(n2nnc3c(N[C@]4([2H])C([2H])([2H])[C@@]4([2H])c4c([2H])c([2H])c(C)c(F)c4[2H])nc(SC([2H])([2H])C([2H])([2H])C)nc32)[C@]([2H])(O[2H])[C@]1([2H])O[2H]. The highest BCUT2D eigenvalue weighted by atomic mass is 32.2. The summed E-state index contributed by atoms with van der Waals surface area (Å²) in [6.45, 7) is -6.28. The number of rotatable bonds is 13. The smallest absolute Gasteiger partial charge is 0.211 e. The van der Waals surface area contributed by atoms with E-state index in [-0.39, 0.29) is 16.4 Å². The van der Waals surface area contributed by atoms with Gasteiger partial charge in [0, 0.05) is 36.3 Å². The zero-order valence-electron chi connectivity index (χ0n) is 42.2. The highest BCUT2D eigenvalue weighted by Gasteiger charge is 2.45. The molecule has 2 aliphatic rings.